The van der Waals surface area contributed by atoms with E-state index in [0.29, 0.717) is 5.13 Å². The molecule has 1 heterocycles. The molecule has 0 saturated heterocycles. The Kier molecular flexibility index (Phi) is 3.96. The molecular formula is C7H5KN3OS+. The minimum atomic E-state index is -0.0188. The third-order valence-electron chi connectivity index (χ3n) is 1.46. The van der Waals surface area contributed by atoms with Crippen LogP contribution in [0, 0.1) is 0 Å². The molecule has 0 amide bonds. The standard InChI is InChI=1S/C7H5N3OS.K/c8-10-7-9-5-2-1-4(11)3-6(5)12-7;/h1-3,8,11H;/q;+1. The summed E-state index contributed by atoms with van der Waals surface area (Å²) in [5.74, 6) is -0.0188. The van der Waals surface area contributed by atoms with Crippen molar-refractivity contribution in [2.45, 2.75) is 0 Å². The van der Waals surface area contributed by atoms with E-state index in [2.05, 4.69) is 10.1 Å². The van der Waals surface area contributed by atoms with Crippen LogP contribution in [-0.2, 0) is 0 Å². The molecule has 0 saturated carbocycles. The Bertz CT molecular complexity index is 442. The summed E-state index contributed by atoms with van der Waals surface area (Å²) in [6.07, 6.45) is 0. The number of benzene rings is 1. The van der Waals surface area contributed by atoms with Gasteiger partial charge >= 0.3 is 51.4 Å². The van der Waals surface area contributed by atoms with Crippen LogP contribution in [0.3, 0.4) is 0 Å². The zero-order chi connectivity index (χ0) is 8.55. The molecule has 4 nitrogen and oxygen atoms in total. The van der Waals surface area contributed by atoms with Crippen molar-refractivity contribution in [1.29, 1.82) is 0 Å². The minimum absolute atomic E-state index is 0. The maximum Gasteiger partial charge on any atom is 1.00 e. The average molecular weight is 218 g/mol. The molecule has 0 unspecified atom stereocenters. The van der Waals surface area contributed by atoms with Crippen LogP contribution in [0.4, 0.5) is 5.13 Å². The molecule has 0 radical (unpaired) electrons. The molecule has 60 valence electrons. The Balaban J connectivity index is 0.000000845. The van der Waals surface area contributed by atoms with Gasteiger partial charge in [0.25, 0.3) is 5.13 Å². The predicted octanol–water partition coefficient (Wildman–Crippen LogP) is -2.78. The first-order chi connectivity index (χ1) is 5.79. The average Bonchev–Trinajstić information content (AvgIpc) is 2.46. The second-order valence-corrected chi connectivity index (χ2v) is 3.26. The van der Waals surface area contributed by atoms with Crippen molar-refractivity contribution in [3.8, 4) is 5.75 Å². The van der Waals surface area contributed by atoms with E-state index in [0.717, 1.165) is 10.2 Å². The summed E-state index contributed by atoms with van der Waals surface area (Å²) in [6, 6.07) is 4.67. The number of aromatic nitrogens is 1. The molecule has 0 spiro atoms. The van der Waals surface area contributed by atoms with Gasteiger partial charge in [-0.05, 0) is 6.07 Å². The van der Waals surface area contributed by atoms with Crippen LogP contribution in [0.2, 0.25) is 0 Å². The predicted molar refractivity (Wildman–Crippen MR) is 43.1 cm³/mol. The molecule has 6 heteroatoms. The summed E-state index contributed by atoms with van der Waals surface area (Å²) in [5, 5.41) is 14.8. The first-order valence-electron chi connectivity index (χ1n) is 3.28. The molecule has 0 fully saturated rings. The van der Waals surface area contributed by atoms with Crippen molar-refractivity contribution < 1.29 is 62.0 Å². The summed E-state index contributed by atoms with van der Waals surface area (Å²) in [5.41, 5.74) is 5.81. The minimum Gasteiger partial charge on any atom is -0.872 e. The van der Waals surface area contributed by atoms with Crippen LogP contribution >= 0.6 is 11.3 Å². The molecule has 0 aliphatic rings. The van der Waals surface area contributed by atoms with E-state index in [1.165, 1.54) is 23.5 Å². The van der Waals surface area contributed by atoms with Crippen LogP contribution in [-0.4, -0.2) is 4.98 Å². The van der Waals surface area contributed by atoms with Gasteiger partial charge in [-0.3, -0.25) is 0 Å². The quantitative estimate of drug-likeness (QED) is 0.415. The summed E-state index contributed by atoms with van der Waals surface area (Å²) in [7, 11) is 0. The Morgan fingerprint density at radius 1 is 1.46 bits per heavy atom. The molecule has 1 aromatic carbocycles. The van der Waals surface area contributed by atoms with Gasteiger partial charge < -0.3 is 5.11 Å². The van der Waals surface area contributed by atoms with Gasteiger partial charge in [-0.15, -0.1) is 11.3 Å². The van der Waals surface area contributed by atoms with Gasteiger partial charge in [-0.25, -0.2) is 4.98 Å². The Morgan fingerprint density at radius 3 is 2.92 bits per heavy atom. The Morgan fingerprint density at radius 2 is 2.23 bits per heavy atom. The van der Waals surface area contributed by atoms with E-state index in [1.54, 1.807) is 6.07 Å². The monoisotopic (exact) mass is 218 g/mol. The second kappa shape index (κ2) is 4.58. The van der Waals surface area contributed by atoms with E-state index >= 15 is 0 Å². The molecule has 2 N–H and O–H groups in total. The fraction of sp³-hybridized carbons (Fsp3) is 0. The SMILES string of the molecule is [K+].[NH2+]=Nc1nc2ccc([O-])cc2s1. The van der Waals surface area contributed by atoms with Crippen LogP contribution in [0.5, 0.6) is 5.75 Å². The number of nitrogens with zero attached hydrogens (tertiary/aromatic N) is 2. The van der Waals surface area contributed by atoms with Gasteiger partial charge in [0.05, 0.1) is 10.2 Å². The molecule has 0 aliphatic heterocycles. The van der Waals surface area contributed by atoms with E-state index in [4.69, 9.17) is 5.53 Å². The van der Waals surface area contributed by atoms with Crippen molar-refractivity contribution in [3.63, 3.8) is 0 Å². The smallest absolute Gasteiger partial charge is 0.872 e. The number of nitrogens with two attached hydrogens (primary N) is 1. The van der Waals surface area contributed by atoms with Crippen LogP contribution < -0.4 is 62.0 Å². The normalized spacial score (nSPS) is 9.54. The zero-order valence-corrected chi connectivity index (χ0v) is 11.0. The maximum absolute atomic E-state index is 10.9. The van der Waals surface area contributed by atoms with E-state index in [1.807, 2.05) is 0 Å². The van der Waals surface area contributed by atoms with Crippen molar-refractivity contribution in [1.82, 2.24) is 4.98 Å². The molecule has 0 bridgehead atoms. The van der Waals surface area contributed by atoms with E-state index in [-0.39, 0.29) is 57.1 Å². The van der Waals surface area contributed by atoms with E-state index < -0.39 is 0 Å². The summed E-state index contributed by atoms with van der Waals surface area (Å²) < 4.78 is 0.826. The molecule has 2 aromatic rings. The van der Waals surface area contributed by atoms with Crippen molar-refractivity contribution in [3.05, 3.63) is 18.2 Å². The Hall–Kier alpha value is 0.146. The fourth-order valence-electron chi connectivity index (χ4n) is 0.948. The van der Waals surface area contributed by atoms with Gasteiger partial charge in [0.1, 0.15) is 0 Å². The number of rotatable bonds is 1. The number of fused-ring (bicyclic) bond motifs is 1. The molecule has 0 aliphatic carbocycles. The van der Waals surface area contributed by atoms with Crippen molar-refractivity contribution >= 4 is 26.7 Å². The van der Waals surface area contributed by atoms with Crippen LogP contribution in [0.25, 0.3) is 10.2 Å². The fourth-order valence-corrected chi connectivity index (χ4v) is 1.73. The third-order valence-corrected chi connectivity index (χ3v) is 2.39. The Labute approximate surface area is 121 Å². The summed E-state index contributed by atoms with van der Waals surface area (Å²) in [6.45, 7) is 0. The van der Waals surface area contributed by atoms with E-state index in [9.17, 15) is 5.11 Å². The van der Waals surface area contributed by atoms with Crippen LogP contribution in [0.1, 0.15) is 0 Å². The molecular weight excluding hydrogens is 213 g/mol. The largest absolute Gasteiger partial charge is 1.00 e. The first-order valence-corrected chi connectivity index (χ1v) is 4.10. The first kappa shape index (κ1) is 11.2. The number of hydrogen-bond acceptors (Lipinski definition) is 4. The van der Waals surface area contributed by atoms with Crippen molar-refractivity contribution in [2.24, 2.45) is 5.11 Å². The molecule has 13 heavy (non-hydrogen) atoms. The molecule has 1 aromatic heterocycles. The van der Waals surface area contributed by atoms with Gasteiger partial charge in [0.2, 0.25) is 0 Å². The number of thiazole rings is 1. The van der Waals surface area contributed by atoms with Crippen molar-refractivity contribution in [2.75, 3.05) is 0 Å². The van der Waals surface area contributed by atoms with Gasteiger partial charge in [-0.1, -0.05) is 23.5 Å². The zero-order valence-electron chi connectivity index (χ0n) is 7.02. The second-order valence-electron chi connectivity index (χ2n) is 2.26. The molecule has 0 atom stereocenters. The van der Waals surface area contributed by atoms with Gasteiger partial charge in [-0.2, -0.15) is 0 Å². The third kappa shape index (κ3) is 2.33. The number of hydrogen-bond donors (Lipinski definition) is 1. The summed E-state index contributed by atoms with van der Waals surface area (Å²) in [4.78, 5) is 4.06. The van der Waals surface area contributed by atoms with Gasteiger partial charge in [0.15, 0.2) is 0 Å². The maximum atomic E-state index is 10.9. The van der Waals surface area contributed by atoms with Gasteiger partial charge in [0, 0.05) is 5.11 Å². The topological polar surface area (TPSA) is 73.9 Å². The van der Waals surface area contributed by atoms with Crippen LogP contribution in [0.15, 0.2) is 23.3 Å². The summed E-state index contributed by atoms with van der Waals surface area (Å²) >= 11 is 1.31. The molecule has 2 rings (SSSR count).